The Hall–Kier alpha value is -1.90. The Kier molecular flexibility index (Phi) is 1.61. The number of hydrogen-bond donors (Lipinski definition) is 0. The minimum absolute atomic E-state index is 0.175. The van der Waals surface area contributed by atoms with Gasteiger partial charge in [-0.15, -0.1) is 0 Å². The minimum Gasteiger partial charge on any atom is -0.284 e. The summed E-state index contributed by atoms with van der Waals surface area (Å²) < 4.78 is 51.4. The summed E-state index contributed by atoms with van der Waals surface area (Å²) in [4.78, 5) is 11.8. The van der Waals surface area contributed by atoms with Gasteiger partial charge in [-0.2, -0.15) is 0 Å². The average Bonchev–Trinajstić information content (AvgIpc) is 2.37. The van der Waals surface area contributed by atoms with Crippen molar-refractivity contribution in [3.8, 4) is 5.69 Å². The van der Waals surface area contributed by atoms with Gasteiger partial charge in [0.15, 0.2) is 0 Å². The second-order valence-electron chi connectivity index (χ2n) is 3.23. The predicted molar refractivity (Wildman–Crippen MR) is 61.4 cm³/mol. The Morgan fingerprint density at radius 3 is 3.06 bits per heavy atom. The van der Waals surface area contributed by atoms with Crippen molar-refractivity contribution >= 4 is 0 Å². The highest BCUT2D eigenvalue weighted by Gasteiger charge is 2.01. The molecule has 0 unspecified atom stereocenters. The van der Waals surface area contributed by atoms with Gasteiger partial charge < -0.3 is 0 Å². The van der Waals surface area contributed by atoms with Crippen LogP contribution in [-0.4, -0.2) is 4.57 Å². The summed E-state index contributed by atoms with van der Waals surface area (Å²) in [5, 5.41) is 0. The van der Waals surface area contributed by atoms with Crippen LogP contribution in [0.1, 0.15) is 19.3 Å². The fourth-order valence-electron chi connectivity index (χ4n) is 1.39. The summed E-state index contributed by atoms with van der Waals surface area (Å²) in [6, 6.07) is 7.38. The molecule has 0 saturated carbocycles. The molecule has 0 aliphatic rings. The molecule has 1 aromatic heterocycles. The van der Waals surface area contributed by atoms with Crippen LogP contribution in [0.5, 0.6) is 0 Å². The van der Waals surface area contributed by atoms with E-state index in [2.05, 4.69) is 0 Å². The van der Waals surface area contributed by atoms with Crippen LogP contribution >= 0.6 is 0 Å². The summed E-state index contributed by atoms with van der Waals surface area (Å²) in [7, 11) is 0. The van der Waals surface area contributed by atoms with E-state index in [-0.39, 0.29) is 11.3 Å². The molecule has 2 aromatic rings. The molecule has 2 rings (SSSR count). The smallest absolute Gasteiger partial charge is 0.255 e. The molecule has 0 spiro atoms. The van der Waals surface area contributed by atoms with Gasteiger partial charge in [0.05, 0.1) is 5.69 Å². The third-order valence-corrected chi connectivity index (χ3v) is 2.14. The zero-order chi connectivity index (χ0) is 15.8. The highest BCUT2D eigenvalue weighted by atomic mass is 19.1. The predicted octanol–water partition coefficient (Wildman–Crippen LogP) is 2.54. The molecule has 16 heavy (non-hydrogen) atoms. The van der Waals surface area contributed by atoms with Crippen molar-refractivity contribution in [1.29, 1.82) is 0 Å². The highest BCUT2D eigenvalue weighted by Crippen LogP contribution is 2.08. The number of hydrogen-bond acceptors (Lipinski definition) is 1. The lowest BCUT2D eigenvalue weighted by Crippen LogP contribution is -2.17. The van der Waals surface area contributed by atoms with Crippen molar-refractivity contribution in [3.05, 3.63) is 64.3 Å². The largest absolute Gasteiger partial charge is 0.284 e. The number of benzene rings is 1. The lowest BCUT2D eigenvalue weighted by Gasteiger charge is -2.07. The first-order chi connectivity index (χ1) is 9.63. The molecule has 0 N–H and O–H groups in total. The Morgan fingerprint density at radius 1 is 1.44 bits per heavy atom. The van der Waals surface area contributed by atoms with Gasteiger partial charge >= 0.3 is 0 Å². The van der Waals surface area contributed by atoms with E-state index in [1.54, 1.807) is 0 Å². The molecule has 0 saturated heterocycles. The average molecular weight is 222 g/mol. The van der Waals surface area contributed by atoms with Crippen molar-refractivity contribution in [2.75, 3.05) is 0 Å². The van der Waals surface area contributed by atoms with E-state index in [1.165, 1.54) is 18.2 Å². The molecule has 0 bridgehead atoms. The van der Waals surface area contributed by atoms with E-state index in [1.807, 2.05) is 0 Å². The van der Waals surface area contributed by atoms with Crippen LogP contribution in [-0.2, 0) is 6.37 Å². The zero-order valence-corrected chi connectivity index (χ0v) is 8.27. The monoisotopic (exact) mass is 222 g/mol. The van der Waals surface area contributed by atoms with Gasteiger partial charge in [-0.25, -0.2) is 4.39 Å². The van der Waals surface area contributed by atoms with Gasteiger partial charge in [0.1, 0.15) is 5.82 Å². The molecule has 82 valence electrons. The summed E-state index contributed by atoms with van der Waals surface area (Å²) >= 11 is 0. The molecule has 2 nitrogen and oxygen atoms in total. The molecule has 3 heteroatoms. The molecule has 0 fully saturated rings. The maximum absolute atomic E-state index is 13.2. The second-order valence-corrected chi connectivity index (χ2v) is 3.23. The first-order valence-corrected chi connectivity index (χ1v) is 4.62. The van der Waals surface area contributed by atoms with Crippen LogP contribution in [0.25, 0.3) is 5.69 Å². The molecule has 0 aliphatic heterocycles. The van der Waals surface area contributed by atoms with Crippen molar-refractivity contribution < 1.29 is 11.2 Å². The van der Waals surface area contributed by atoms with E-state index in [0.717, 1.165) is 29.0 Å². The number of aromatic nitrogens is 1. The number of nitrogens with zero attached hydrogens (tertiary/aromatic N) is 1. The number of rotatable bonds is 2. The Morgan fingerprint density at radius 2 is 2.31 bits per heavy atom. The topological polar surface area (TPSA) is 22.0 Å². The van der Waals surface area contributed by atoms with E-state index in [9.17, 15) is 9.18 Å². The first-order valence-electron chi connectivity index (χ1n) is 7.12. The van der Waals surface area contributed by atoms with Gasteiger partial charge in [0.25, 0.3) is 5.56 Å². The zero-order valence-electron chi connectivity index (χ0n) is 13.3. The van der Waals surface area contributed by atoms with Crippen LogP contribution in [0.15, 0.2) is 47.4 Å². The molecule has 0 radical (unpaired) electrons. The van der Waals surface area contributed by atoms with Crippen LogP contribution in [0, 0.1) is 5.82 Å². The second kappa shape index (κ2) is 4.31. The SMILES string of the molecule is [2H]C([2H])([2H])C([2H])([2H])c1ccc(=O)n(-c2cccc(F)c2)c1. The van der Waals surface area contributed by atoms with E-state index < -0.39 is 24.6 Å². The molecule has 0 amide bonds. The number of halogens is 1. The lowest BCUT2D eigenvalue weighted by molar-refractivity contribution is 0.626. The Balaban J connectivity index is 2.61. The standard InChI is InChI=1S/C13H12FNO/c1-2-10-6-7-13(16)15(9-10)12-5-3-4-11(14)8-12/h3-9H,2H2,1H3/i1D3,2D2. The maximum atomic E-state index is 13.2. The van der Waals surface area contributed by atoms with Crippen LogP contribution < -0.4 is 5.56 Å². The molecule has 1 heterocycles. The van der Waals surface area contributed by atoms with Crippen molar-refractivity contribution in [2.45, 2.75) is 13.2 Å². The van der Waals surface area contributed by atoms with E-state index in [4.69, 9.17) is 6.85 Å². The van der Waals surface area contributed by atoms with Crippen molar-refractivity contribution in [3.63, 3.8) is 0 Å². The molecule has 0 atom stereocenters. The first kappa shape index (κ1) is 5.99. The highest BCUT2D eigenvalue weighted by molar-refractivity contribution is 5.33. The van der Waals surface area contributed by atoms with Crippen molar-refractivity contribution in [1.82, 2.24) is 4.57 Å². The van der Waals surface area contributed by atoms with Crippen LogP contribution in [0.4, 0.5) is 4.39 Å². The third-order valence-electron chi connectivity index (χ3n) is 2.14. The summed E-state index contributed by atoms with van der Waals surface area (Å²) in [6.45, 7) is -2.88. The minimum atomic E-state index is -2.88. The van der Waals surface area contributed by atoms with Crippen LogP contribution in [0.2, 0.25) is 0 Å². The third kappa shape index (κ3) is 2.03. The van der Waals surface area contributed by atoms with Gasteiger partial charge in [-0.1, -0.05) is 19.0 Å². The lowest BCUT2D eigenvalue weighted by atomic mass is 10.2. The van der Waals surface area contributed by atoms with E-state index >= 15 is 0 Å². The molecular weight excluding hydrogens is 205 g/mol. The van der Waals surface area contributed by atoms with Crippen LogP contribution in [0.3, 0.4) is 0 Å². The summed E-state index contributed by atoms with van der Waals surface area (Å²) in [6.07, 6.45) is -1.53. The van der Waals surface area contributed by atoms with Crippen molar-refractivity contribution in [2.24, 2.45) is 0 Å². The fourth-order valence-corrected chi connectivity index (χ4v) is 1.39. The quantitative estimate of drug-likeness (QED) is 0.765. The number of aryl methyl sites for hydroxylation is 1. The normalized spacial score (nSPS) is 16.7. The maximum Gasteiger partial charge on any atom is 0.255 e. The summed E-state index contributed by atoms with van der Waals surface area (Å²) in [5.41, 5.74) is -0.486. The van der Waals surface area contributed by atoms with E-state index in [0.29, 0.717) is 0 Å². The Bertz CT molecular complexity index is 723. The van der Waals surface area contributed by atoms with Gasteiger partial charge in [0, 0.05) is 19.1 Å². The van der Waals surface area contributed by atoms with Gasteiger partial charge in [-0.3, -0.25) is 9.36 Å². The fraction of sp³-hybridized carbons (Fsp3) is 0.154. The molecule has 0 aliphatic carbocycles. The molecule has 1 aromatic carbocycles. The molecular formula is C13H12FNO. The Labute approximate surface area is 100.0 Å². The number of pyridine rings is 1. The van der Waals surface area contributed by atoms with Gasteiger partial charge in [-0.05, 0) is 30.1 Å². The summed E-state index contributed by atoms with van der Waals surface area (Å²) in [5.74, 6) is -0.552. The van der Waals surface area contributed by atoms with Gasteiger partial charge in [0.2, 0.25) is 0 Å².